The van der Waals surface area contributed by atoms with Crippen LogP contribution in [-0.2, 0) is 13.7 Å². The summed E-state index contributed by atoms with van der Waals surface area (Å²) in [4.78, 5) is 22.7. The molecule has 0 fully saturated rings. The molecule has 0 atom stereocenters. The Bertz CT molecular complexity index is 1040. The number of carbonyl (C=O) groups is 1. The molecule has 3 rings (SSSR count). The van der Waals surface area contributed by atoms with E-state index in [0.717, 1.165) is 16.9 Å². The molecular formula is C20H20N4O4S. The number of Topliss-reactive ketones (excluding diaryl/α,β-unsaturated/α-hetero) is 1. The van der Waals surface area contributed by atoms with Crippen LogP contribution >= 0.6 is 11.8 Å². The summed E-state index contributed by atoms with van der Waals surface area (Å²) in [6.07, 6.45) is 0. The highest BCUT2D eigenvalue weighted by molar-refractivity contribution is 7.99. The normalized spacial score (nSPS) is 10.7. The van der Waals surface area contributed by atoms with Crippen LogP contribution in [0.5, 0.6) is 5.75 Å². The Morgan fingerprint density at radius 2 is 1.86 bits per heavy atom. The zero-order valence-corrected chi connectivity index (χ0v) is 17.1. The van der Waals surface area contributed by atoms with Gasteiger partial charge in [0.15, 0.2) is 16.8 Å². The first-order chi connectivity index (χ1) is 13.9. The first-order valence-electron chi connectivity index (χ1n) is 8.84. The molecule has 9 heteroatoms. The highest BCUT2D eigenvalue weighted by atomic mass is 32.2. The molecule has 0 spiro atoms. The number of rotatable bonds is 8. The summed E-state index contributed by atoms with van der Waals surface area (Å²) >= 11 is 1.23. The van der Waals surface area contributed by atoms with E-state index in [2.05, 4.69) is 10.2 Å². The monoisotopic (exact) mass is 412 g/mol. The molecule has 8 nitrogen and oxygen atoms in total. The molecule has 1 heterocycles. The Balaban J connectivity index is 1.63. The summed E-state index contributed by atoms with van der Waals surface area (Å²) in [6, 6.07) is 11.7. The Hall–Kier alpha value is -3.20. The van der Waals surface area contributed by atoms with Gasteiger partial charge in [-0.05, 0) is 25.0 Å². The molecule has 0 unspecified atom stereocenters. The van der Waals surface area contributed by atoms with Gasteiger partial charge in [0.25, 0.3) is 5.69 Å². The quantitative estimate of drug-likeness (QED) is 0.239. The predicted molar refractivity (Wildman–Crippen MR) is 109 cm³/mol. The number of aromatic nitrogens is 3. The number of non-ortho nitro benzene ring substituents is 1. The third-order valence-electron chi connectivity index (χ3n) is 4.39. The second kappa shape index (κ2) is 8.87. The van der Waals surface area contributed by atoms with Crippen molar-refractivity contribution in [1.29, 1.82) is 0 Å². The van der Waals surface area contributed by atoms with Crippen LogP contribution in [0.3, 0.4) is 0 Å². The van der Waals surface area contributed by atoms with E-state index in [4.69, 9.17) is 4.74 Å². The lowest BCUT2D eigenvalue weighted by Crippen LogP contribution is -2.07. The van der Waals surface area contributed by atoms with Crippen molar-refractivity contribution < 1.29 is 14.5 Å². The van der Waals surface area contributed by atoms with E-state index < -0.39 is 4.92 Å². The third kappa shape index (κ3) is 4.80. The van der Waals surface area contributed by atoms with Gasteiger partial charge >= 0.3 is 0 Å². The van der Waals surface area contributed by atoms with E-state index in [1.165, 1.54) is 30.0 Å². The number of hydrogen-bond acceptors (Lipinski definition) is 7. The predicted octanol–water partition coefficient (Wildman–Crippen LogP) is 3.89. The summed E-state index contributed by atoms with van der Waals surface area (Å²) in [7, 11) is 1.81. The summed E-state index contributed by atoms with van der Waals surface area (Å²) in [5.74, 6) is 1.35. The molecule has 29 heavy (non-hydrogen) atoms. The highest BCUT2D eigenvalue weighted by Crippen LogP contribution is 2.24. The molecule has 1 aromatic heterocycles. The van der Waals surface area contributed by atoms with Crippen LogP contribution in [0.4, 0.5) is 5.69 Å². The van der Waals surface area contributed by atoms with Crippen molar-refractivity contribution >= 4 is 23.2 Å². The SMILES string of the molecule is Cc1cccc(C)c1OCc1nnc(SCC(=O)c2cccc([N+](=O)[O-])c2)n1C. The molecule has 150 valence electrons. The van der Waals surface area contributed by atoms with Crippen LogP contribution in [-0.4, -0.2) is 31.2 Å². The van der Waals surface area contributed by atoms with E-state index >= 15 is 0 Å². The van der Waals surface area contributed by atoms with Gasteiger partial charge in [-0.3, -0.25) is 14.9 Å². The van der Waals surface area contributed by atoms with Crippen molar-refractivity contribution in [2.24, 2.45) is 7.05 Å². The molecule has 0 aliphatic carbocycles. The van der Waals surface area contributed by atoms with E-state index in [1.807, 2.05) is 39.1 Å². The number of ether oxygens (including phenoxy) is 1. The second-order valence-electron chi connectivity index (χ2n) is 6.49. The maximum atomic E-state index is 12.4. The van der Waals surface area contributed by atoms with E-state index in [1.54, 1.807) is 10.6 Å². The van der Waals surface area contributed by atoms with Crippen LogP contribution in [0, 0.1) is 24.0 Å². The largest absolute Gasteiger partial charge is 0.485 e. The lowest BCUT2D eigenvalue weighted by molar-refractivity contribution is -0.384. The average molecular weight is 412 g/mol. The van der Waals surface area contributed by atoms with Crippen LogP contribution in [0.15, 0.2) is 47.6 Å². The molecule has 3 aromatic rings. The maximum absolute atomic E-state index is 12.4. The minimum Gasteiger partial charge on any atom is -0.485 e. The smallest absolute Gasteiger partial charge is 0.270 e. The van der Waals surface area contributed by atoms with Gasteiger partial charge in [0, 0.05) is 24.7 Å². The number of benzene rings is 2. The topological polar surface area (TPSA) is 100 Å². The van der Waals surface area contributed by atoms with Crippen molar-refractivity contribution in [3.8, 4) is 5.75 Å². The zero-order chi connectivity index (χ0) is 21.0. The fraction of sp³-hybridized carbons (Fsp3) is 0.250. The number of carbonyl (C=O) groups excluding carboxylic acids is 1. The van der Waals surface area contributed by atoms with Gasteiger partial charge in [-0.2, -0.15) is 0 Å². The van der Waals surface area contributed by atoms with Crippen LogP contribution in [0.1, 0.15) is 27.3 Å². The number of thioether (sulfide) groups is 1. The van der Waals surface area contributed by atoms with Crippen molar-refractivity contribution in [3.63, 3.8) is 0 Å². The lowest BCUT2D eigenvalue weighted by atomic mass is 10.1. The highest BCUT2D eigenvalue weighted by Gasteiger charge is 2.15. The van der Waals surface area contributed by atoms with Gasteiger partial charge in [0.1, 0.15) is 12.4 Å². The molecule has 2 aromatic carbocycles. The number of nitro benzene ring substituents is 1. The summed E-state index contributed by atoms with van der Waals surface area (Å²) in [6.45, 7) is 4.23. The van der Waals surface area contributed by atoms with E-state index in [9.17, 15) is 14.9 Å². The Kier molecular flexibility index (Phi) is 6.28. The Labute approximate surface area is 172 Å². The van der Waals surface area contributed by atoms with Gasteiger partial charge in [0.2, 0.25) is 0 Å². The number of nitrogens with zero attached hydrogens (tertiary/aromatic N) is 4. The molecular weight excluding hydrogens is 392 g/mol. The molecule has 0 bridgehead atoms. The number of para-hydroxylation sites is 1. The van der Waals surface area contributed by atoms with Gasteiger partial charge in [0.05, 0.1) is 10.7 Å². The van der Waals surface area contributed by atoms with Crippen molar-refractivity contribution in [2.75, 3.05) is 5.75 Å². The van der Waals surface area contributed by atoms with Crippen LogP contribution in [0.25, 0.3) is 0 Å². The molecule has 0 aliphatic rings. The van der Waals surface area contributed by atoms with Gasteiger partial charge < -0.3 is 9.30 Å². The Morgan fingerprint density at radius 1 is 1.17 bits per heavy atom. The molecule has 0 aliphatic heterocycles. The first kappa shape index (κ1) is 20.5. The fourth-order valence-electron chi connectivity index (χ4n) is 2.77. The van der Waals surface area contributed by atoms with E-state index in [-0.39, 0.29) is 23.8 Å². The van der Waals surface area contributed by atoms with E-state index in [0.29, 0.717) is 16.5 Å². The molecule has 0 amide bonds. The minimum absolute atomic E-state index is 0.102. The molecule has 0 N–H and O–H groups in total. The molecule has 0 saturated carbocycles. The van der Waals surface area contributed by atoms with Gasteiger partial charge in [-0.25, -0.2) is 0 Å². The lowest BCUT2D eigenvalue weighted by Gasteiger charge is -2.11. The standard InChI is InChI=1S/C20H20N4O4S/c1-13-6-4-7-14(2)19(13)28-11-18-21-22-20(23(18)3)29-12-17(25)15-8-5-9-16(10-15)24(26)27/h4-10H,11-12H2,1-3H3. The maximum Gasteiger partial charge on any atom is 0.270 e. The minimum atomic E-state index is -0.519. The number of ketones is 1. The number of nitro groups is 1. The van der Waals surface area contributed by atoms with Gasteiger partial charge in [-0.15, -0.1) is 10.2 Å². The first-order valence-corrected chi connectivity index (χ1v) is 9.83. The number of aryl methyl sites for hydroxylation is 2. The van der Waals surface area contributed by atoms with Crippen LogP contribution < -0.4 is 4.74 Å². The average Bonchev–Trinajstić information content (AvgIpc) is 3.05. The molecule has 0 saturated heterocycles. The summed E-state index contributed by atoms with van der Waals surface area (Å²) < 4.78 is 7.69. The van der Waals surface area contributed by atoms with Crippen molar-refractivity contribution in [2.45, 2.75) is 25.6 Å². The fourth-order valence-corrected chi connectivity index (χ4v) is 3.59. The zero-order valence-electron chi connectivity index (χ0n) is 16.3. The Morgan fingerprint density at radius 3 is 2.55 bits per heavy atom. The summed E-state index contributed by atoms with van der Waals surface area (Å²) in [5, 5.41) is 19.7. The number of hydrogen-bond donors (Lipinski definition) is 0. The van der Waals surface area contributed by atoms with Crippen molar-refractivity contribution in [3.05, 3.63) is 75.1 Å². The molecule has 0 radical (unpaired) electrons. The van der Waals surface area contributed by atoms with Gasteiger partial charge in [-0.1, -0.05) is 42.1 Å². The summed E-state index contributed by atoms with van der Waals surface area (Å²) in [5.41, 5.74) is 2.28. The second-order valence-corrected chi connectivity index (χ2v) is 7.43. The third-order valence-corrected chi connectivity index (χ3v) is 5.41. The van der Waals surface area contributed by atoms with Crippen molar-refractivity contribution in [1.82, 2.24) is 14.8 Å². The van der Waals surface area contributed by atoms with Crippen LogP contribution in [0.2, 0.25) is 0 Å².